The Morgan fingerprint density at radius 3 is 0.286 bits per heavy atom. The number of nitrogens with one attached hydrogen (secondary N) is 7. The third-order valence-electron chi connectivity index (χ3n) is 17.2. The summed E-state index contributed by atoms with van der Waals surface area (Å²) in [6, 6.07) is -25.5. The molecule has 406 valence electrons. The first-order chi connectivity index (χ1) is 32.1. The average molecular weight is 1060 g/mol. The number of fused-ring (bicyclic) bond motifs is 14. The highest BCUT2D eigenvalue weighted by atomic mass is 19.4. The quantitative estimate of drug-likeness (QED) is 0.122. The van der Waals surface area contributed by atoms with E-state index >= 15 is 92.2 Å². The summed E-state index contributed by atoms with van der Waals surface area (Å²) in [6.07, 6.45) is -44.8. The molecule has 28 heteroatoms. The van der Waals surface area contributed by atoms with Crippen molar-refractivity contribution in [2.24, 2.45) is 41.4 Å². The van der Waals surface area contributed by atoms with Crippen molar-refractivity contribution in [3.05, 3.63) is 0 Å². The van der Waals surface area contributed by atoms with Gasteiger partial charge in [-0.15, -0.1) is 0 Å². The van der Waals surface area contributed by atoms with Crippen LogP contribution in [-0.4, -0.2) is 128 Å². The molecule has 8 rings (SSSR count). The topological polar surface area (TPSA) is 84.2 Å². The van der Waals surface area contributed by atoms with E-state index < -0.39 is 259 Å². The molecule has 7 N–H and O–H groups in total. The van der Waals surface area contributed by atoms with Crippen LogP contribution in [0, 0.1) is 41.4 Å². The van der Waals surface area contributed by atoms with Crippen molar-refractivity contribution in [1.82, 2.24) is 37.2 Å². The molecular formula is C42H56F21N7. The minimum Gasteiger partial charge on any atom is -0.310 e. The zero-order valence-electron chi connectivity index (χ0n) is 37.0. The molecule has 14 unspecified atom stereocenters. The standard InChI is InChI=1S/C42H56F21N7/c43-36(44,45)29-15-1-2-16(64-15)30(37(46,47)48)18-5-6-20(66-18)32(39(52,53)54)22-9-10-24(68-22)34(41(58,59)60)26-13-14-28(70-26)35(42(61,62)63)27-12-11-25(69-27)33(40(55,56)57)23-8-7-21(67-23)31(38(49,50)51)19-4-3-17(29)65-19/h15-35,64-70H,1-14H2. The first-order valence-electron chi connectivity index (χ1n) is 23.9. The van der Waals surface area contributed by atoms with Gasteiger partial charge in [-0.05, 0) is 89.9 Å². The molecule has 14 bridgehead atoms. The molecular weight excluding hydrogens is 1000 g/mol. The summed E-state index contributed by atoms with van der Waals surface area (Å²) in [6.45, 7) is 0. The fourth-order valence-electron chi connectivity index (χ4n) is 14.7. The minimum absolute atomic E-state index is 0.580. The first-order valence-corrected chi connectivity index (χ1v) is 23.9. The van der Waals surface area contributed by atoms with Crippen LogP contribution in [0.5, 0.6) is 0 Å². The highest BCUT2D eigenvalue weighted by Crippen LogP contribution is 2.51. The van der Waals surface area contributed by atoms with E-state index in [1.165, 1.54) is 0 Å². The third kappa shape index (κ3) is 11.1. The fourth-order valence-corrected chi connectivity index (χ4v) is 14.7. The molecule has 0 spiro atoms. The van der Waals surface area contributed by atoms with E-state index in [1.807, 2.05) is 0 Å². The van der Waals surface area contributed by atoms with Crippen molar-refractivity contribution in [3.63, 3.8) is 0 Å². The molecule has 0 aromatic heterocycles. The van der Waals surface area contributed by atoms with Gasteiger partial charge in [0.15, 0.2) is 0 Å². The Morgan fingerprint density at radius 1 is 0.157 bits per heavy atom. The monoisotopic (exact) mass is 1060 g/mol. The minimum atomic E-state index is -5.24. The number of hydrogen-bond acceptors (Lipinski definition) is 7. The van der Waals surface area contributed by atoms with Crippen LogP contribution in [0.1, 0.15) is 89.9 Å². The van der Waals surface area contributed by atoms with E-state index in [0.717, 1.165) is 0 Å². The van der Waals surface area contributed by atoms with E-state index in [2.05, 4.69) is 37.2 Å². The molecule has 7 nitrogen and oxygen atoms in total. The van der Waals surface area contributed by atoms with Crippen LogP contribution in [-0.2, 0) is 0 Å². The van der Waals surface area contributed by atoms with Crippen LogP contribution < -0.4 is 37.2 Å². The molecule has 14 atom stereocenters. The lowest BCUT2D eigenvalue weighted by Crippen LogP contribution is -2.59. The lowest BCUT2D eigenvalue weighted by atomic mass is 9.87. The summed E-state index contributed by atoms with van der Waals surface area (Å²) < 4.78 is 315. The van der Waals surface area contributed by atoms with Gasteiger partial charge in [-0.1, -0.05) is 0 Å². The van der Waals surface area contributed by atoms with Gasteiger partial charge in [-0.2, -0.15) is 92.2 Å². The maximum atomic E-state index is 15.0. The average Bonchev–Trinajstić information content (AvgIpc) is 4.02. The van der Waals surface area contributed by atoms with E-state index in [9.17, 15) is 0 Å². The van der Waals surface area contributed by atoms with Crippen molar-refractivity contribution < 1.29 is 92.2 Å². The number of rotatable bonds is 0. The molecule has 70 heavy (non-hydrogen) atoms. The largest absolute Gasteiger partial charge is 0.394 e. The molecule has 0 radical (unpaired) electrons. The van der Waals surface area contributed by atoms with Gasteiger partial charge in [0.25, 0.3) is 0 Å². The second kappa shape index (κ2) is 19.1. The molecule has 8 saturated heterocycles. The lowest BCUT2D eigenvalue weighted by molar-refractivity contribution is -0.198. The van der Waals surface area contributed by atoms with E-state index in [0.29, 0.717) is 0 Å². The van der Waals surface area contributed by atoms with Crippen LogP contribution >= 0.6 is 0 Å². The van der Waals surface area contributed by atoms with Gasteiger partial charge < -0.3 is 37.2 Å². The highest BCUT2D eigenvalue weighted by Gasteiger charge is 2.64. The molecule has 8 aliphatic heterocycles. The molecule has 8 heterocycles. The third-order valence-corrected chi connectivity index (χ3v) is 17.2. The second-order valence-electron chi connectivity index (χ2n) is 21.2. The highest BCUT2D eigenvalue weighted by molar-refractivity contribution is 5.12. The molecule has 0 aromatic carbocycles. The van der Waals surface area contributed by atoms with Crippen molar-refractivity contribution in [2.45, 2.75) is 218 Å². The molecule has 0 aliphatic carbocycles. The van der Waals surface area contributed by atoms with Crippen molar-refractivity contribution in [3.8, 4) is 0 Å². The smallest absolute Gasteiger partial charge is 0.310 e. The van der Waals surface area contributed by atoms with Crippen LogP contribution in [0.25, 0.3) is 0 Å². The molecule has 0 amide bonds. The summed E-state index contributed by atoms with van der Waals surface area (Å²) in [5.74, 6) is -18.2. The fraction of sp³-hybridized carbons (Fsp3) is 1.00. The van der Waals surface area contributed by atoms with Gasteiger partial charge in [0.05, 0.1) is 41.4 Å². The van der Waals surface area contributed by atoms with Crippen LogP contribution in [0.2, 0.25) is 0 Å². The normalized spacial score (nSPS) is 45.3. The molecule has 8 fully saturated rings. The number of halogens is 21. The summed E-state index contributed by atoms with van der Waals surface area (Å²) >= 11 is 0. The zero-order valence-corrected chi connectivity index (χ0v) is 37.0. The maximum absolute atomic E-state index is 15.0. The van der Waals surface area contributed by atoms with Crippen LogP contribution in [0.15, 0.2) is 0 Å². The Kier molecular flexibility index (Phi) is 14.9. The predicted octanol–water partition coefficient (Wildman–Crippen LogP) is 9.09. The molecule has 0 saturated carbocycles. The summed E-state index contributed by atoms with van der Waals surface area (Å²) in [5, 5.41) is 16.6. The van der Waals surface area contributed by atoms with Crippen molar-refractivity contribution in [1.29, 1.82) is 0 Å². The number of hydrogen-bond donors (Lipinski definition) is 7. The predicted molar refractivity (Wildman–Crippen MR) is 206 cm³/mol. The van der Waals surface area contributed by atoms with Gasteiger partial charge in [0.2, 0.25) is 0 Å². The zero-order chi connectivity index (χ0) is 51.5. The second-order valence-corrected chi connectivity index (χ2v) is 21.2. The summed E-state index contributed by atoms with van der Waals surface area (Å²) in [7, 11) is 0. The molecule has 8 aliphatic rings. The van der Waals surface area contributed by atoms with E-state index in [-0.39, 0.29) is 0 Å². The van der Waals surface area contributed by atoms with E-state index in [4.69, 9.17) is 0 Å². The van der Waals surface area contributed by atoms with Crippen LogP contribution in [0.3, 0.4) is 0 Å². The Bertz CT molecular complexity index is 1360. The molecule has 0 aromatic rings. The lowest BCUT2D eigenvalue weighted by Gasteiger charge is -2.38. The van der Waals surface area contributed by atoms with Gasteiger partial charge in [-0.3, -0.25) is 0 Å². The van der Waals surface area contributed by atoms with Gasteiger partial charge in [-0.25, -0.2) is 0 Å². The Morgan fingerprint density at radius 2 is 0.229 bits per heavy atom. The summed E-state index contributed by atoms with van der Waals surface area (Å²) in [4.78, 5) is 0. The van der Waals surface area contributed by atoms with Crippen molar-refractivity contribution >= 4 is 0 Å². The van der Waals surface area contributed by atoms with Gasteiger partial charge >= 0.3 is 43.2 Å². The maximum Gasteiger partial charge on any atom is 0.394 e. The van der Waals surface area contributed by atoms with Gasteiger partial charge in [0.1, 0.15) is 0 Å². The summed E-state index contributed by atoms with van der Waals surface area (Å²) in [5.41, 5.74) is 0. The van der Waals surface area contributed by atoms with Crippen molar-refractivity contribution in [2.75, 3.05) is 0 Å². The number of alkyl halides is 21. The van der Waals surface area contributed by atoms with Gasteiger partial charge in [0, 0.05) is 84.6 Å². The first kappa shape index (κ1) is 54.5. The Balaban J connectivity index is 1.14. The Labute approximate surface area is 388 Å². The Hall–Kier alpha value is -1.75. The van der Waals surface area contributed by atoms with E-state index in [1.54, 1.807) is 0 Å². The van der Waals surface area contributed by atoms with Crippen LogP contribution in [0.4, 0.5) is 92.2 Å². The SMILES string of the molecule is FC(F)(F)C1C2CCC(N2)C(C(F)(F)F)C2CCC(N2)C(C(F)(F)F)C2CCC(N2)C(C(F)(F)F)C2CCC(N2)C(C(F)(F)F)C2CCC(N2)C(C(F)(F)F)C2CCC(N2)C(C(F)(F)F)C2CCC1N2.